The third kappa shape index (κ3) is 4.67. The summed E-state index contributed by atoms with van der Waals surface area (Å²) >= 11 is 5.88. The van der Waals surface area contributed by atoms with Crippen LogP contribution in [0.5, 0.6) is 0 Å². The smallest absolute Gasteiger partial charge is 0.251 e. The molecule has 30 heavy (non-hydrogen) atoms. The van der Waals surface area contributed by atoms with Gasteiger partial charge in [0.15, 0.2) is 0 Å². The summed E-state index contributed by atoms with van der Waals surface area (Å²) in [4.78, 5) is 27.3. The Hall–Kier alpha value is -2.41. The van der Waals surface area contributed by atoms with Gasteiger partial charge in [-0.2, -0.15) is 0 Å². The number of halogens is 1. The van der Waals surface area contributed by atoms with Gasteiger partial charge < -0.3 is 10.2 Å². The number of amides is 2. The van der Waals surface area contributed by atoms with E-state index in [4.69, 9.17) is 11.6 Å². The molecule has 2 aliphatic heterocycles. The van der Waals surface area contributed by atoms with Crippen molar-refractivity contribution >= 4 is 23.4 Å². The molecule has 2 atom stereocenters. The first kappa shape index (κ1) is 20.8. The molecule has 0 aliphatic carbocycles. The van der Waals surface area contributed by atoms with E-state index in [9.17, 15) is 9.59 Å². The van der Waals surface area contributed by atoms with Gasteiger partial charge in [0, 0.05) is 35.8 Å². The highest BCUT2D eigenvalue weighted by molar-refractivity contribution is 6.30. The SMILES string of the molecule is Cc1ccccc1C1CC(C(=O)N2CCC(NC(=O)c3ccc(Cl)cc3)CC2)NN1. The average molecular weight is 427 g/mol. The summed E-state index contributed by atoms with van der Waals surface area (Å²) in [5, 5.41) is 3.68. The zero-order chi connectivity index (χ0) is 21.1. The molecule has 158 valence electrons. The fraction of sp³-hybridized carbons (Fsp3) is 0.391. The van der Waals surface area contributed by atoms with E-state index in [0.717, 1.165) is 19.3 Å². The van der Waals surface area contributed by atoms with Gasteiger partial charge in [-0.25, -0.2) is 10.9 Å². The number of piperidine rings is 1. The number of benzene rings is 2. The maximum absolute atomic E-state index is 13.0. The molecule has 0 saturated carbocycles. The molecule has 2 amide bonds. The van der Waals surface area contributed by atoms with Crippen LogP contribution in [-0.2, 0) is 4.79 Å². The number of nitrogens with zero attached hydrogens (tertiary/aromatic N) is 1. The van der Waals surface area contributed by atoms with Gasteiger partial charge in [0.05, 0.1) is 0 Å². The molecule has 6 nitrogen and oxygen atoms in total. The lowest BCUT2D eigenvalue weighted by molar-refractivity contribution is -0.134. The van der Waals surface area contributed by atoms with Crippen LogP contribution in [0, 0.1) is 6.92 Å². The largest absolute Gasteiger partial charge is 0.349 e. The van der Waals surface area contributed by atoms with Gasteiger partial charge in [0.2, 0.25) is 5.91 Å². The van der Waals surface area contributed by atoms with E-state index in [1.54, 1.807) is 24.3 Å². The van der Waals surface area contributed by atoms with E-state index in [2.05, 4.69) is 35.2 Å². The number of hydrogen-bond donors (Lipinski definition) is 3. The fourth-order valence-corrected chi connectivity index (χ4v) is 4.36. The maximum atomic E-state index is 13.0. The second-order valence-corrected chi connectivity index (χ2v) is 8.50. The Morgan fingerprint density at radius 3 is 2.43 bits per heavy atom. The third-order valence-electron chi connectivity index (χ3n) is 6.01. The summed E-state index contributed by atoms with van der Waals surface area (Å²) in [7, 11) is 0. The first-order chi connectivity index (χ1) is 14.5. The first-order valence-corrected chi connectivity index (χ1v) is 10.8. The zero-order valence-electron chi connectivity index (χ0n) is 17.0. The molecule has 0 radical (unpaired) electrons. The molecular weight excluding hydrogens is 400 g/mol. The minimum absolute atomic E-state index is 0.0756. The lowest BCUT2D eigenvalue weighted by Crippen LogP contribution is -2.51. The molecule has 2 fully saturated rings. The van der Waals surface area contributed by atoms with Gasteiger partial charge in [-0.05, 0) is 61.6 Å². The predicted octanol–water partition coefficient (Wildman–Crippen LogP) is 2.98. The van der Waals surface area contributed by atoms with Crippen molar-refractivity contribution in [2.45, 2.75) is 44.3 Å². The van der Waals surface area contributed by atoms with E-state index in [-0.39, 0.29) is 29.9 Å². The molecule has 2 saturated heterocycles. The number of likely N-dealkylation sites (tertiary alicyclic amines) is 1. The second-order valence-electron chi connectivity index (χ2n) is 8.07. The fourth-order valence-electron chi connectivity index (χ4n) is 4.23. The van der Waals surface area contributed by atoms with Gasteiger partial charge in [-0.1, -0.05) is 35.9 Å². The Balaban J connectivity index is 1.27. The van der Waals surface area contributed by atoms with E-state index in [1.807, 2.05) is 17.0 Å². The third-order valence-corrected chi connectivity index (χ3v) is 6.27. The van der Waals surface area contributed by atoms with Crippen molar-refractivity contribution in [3.63, 3.8) is 0 Å². The topological polar surface area (TPSA) is 73.5 Å². The molecular formula is C23H27ClN4O2. The quantitative estimate of drug-likeness (QED) is 0.702. The van der Waals surface area contributed by atoms with Gasteiger partial charge in [0.1, 0.15) is 6.04 Å². The van der Waals surface area contributed by atoms with Crippen LogP contribution in [-0.4, -0.2) is 41.9 Å². The highest BCUT2D eigenvalue weighted by Crippen LogP contribution is 2.26. The Bertz CT molecular complexity index is 910. The molecule has 0 spiro atoms. The van der Waals surface area contributed by atoms with Gasteiger partial charge >= 0.3 is 0 Å². The van der Waals surface area contributed by atoms with Crippen LogP contribution >= 0.6 is 11.6 Å². The van der Waals surface area contributed by atoms with Crippen molar-refractivity contribution in [1.82, 2.24) is 21.1 Å². The summed E-state index contributed by atoms with van der Waals surface area (Å²) < 4.78 is 0. The van der Waals surface area contributed by atoms with Crippen LogP contribution < -0.4 is 16.2 Å². The monoisotopic (exact) mass is 426 g/mol. The van der Waals surface area contributed by atoms with E-state index < -0.39 is 0 Å². The maximum Gasteiger partial charge on any atom is 0.251 e. The summed E-state index contributed by atoms with van der Waals surface area (Å²) in [6.45, 7) is 3.39. The number of nitrogens with one attached hydrogen (secondary N) is 3. The average Bonchev–Trinajstić information content (AvgIpc) is 3.24. The van der Waals surface area contributed by atoms with E-state index in [0.29, 0.717) is 23.7 Å². The molecule has 2 unspecified atom stereocenters. The highest BCUT2D eigenvalue weighted by Gasteiger charge is 2.34. The van der Waals surface area contributed by atoms with Gasteiger partial charge in [-0.15, -0.1) is 0 Å². The Morgan fingerprint density at radius 2 is 1.73 bits per heavy atom. The van der Waals surface area contributed by atoms with E-state index >= 15 is 0 Å². The molecule has 2 aromatic rings. The first-order valence-electron chi connectivity index (χ1n) is 10.4. The Kier molecular flexibility index (Phi) is 6.37. The van der Waals surface area contributed by atoms with Crippen LogP contribution in [0.2, 0.25) is 5.02 Å². The molecule has 7 heteroatoms. The predicted molar refractivity (Wildman–Crippen MR) is 117 cm³/mol. The van der Waals surface area contributed by atoms with Crippen LogP contribution in [0.1, 0.15) is 46.8 Å². The Labute approximate surface area is 181 Å². The standard InChI is InChI=1S/C23H27ClN4O2/c1-15-4-2-3-5-19(15)20-14-21(27-26-20)23(30)28-12-10-18(11-13-28)25-22(29)16-6-8-17(24)9-7-16/h2-9,18,20-21,26-27H,10-14H2,1H3,(H,25,29). The Morgan fingerprint density at radius 1 is 1.03 bits per heavy atom. The lowest BCUT2D eigenvalue weighted by atomic mass is 9.97. The van der Waals surface area contributed by atoms with Crippen LogP contribution in [0.15, 0.2) is 48.5 Å². The van der Waals surface area contributed by atoms with Gasteiger partial charge in [0.25, 0.3) is 5.91 Å². The minimum Gasteiger partial charge on any atom is -0.349 e. The van der Waals surface area contributed by atoms with Crippen molar-refractivity contribution < 1.29 is 9.59 Å². The molecule has 0 aromatic heterocycles. The number of carbonyl (C=O) groups excluding carboxylic acids is 2. The molecule has 3 N–H and O–H groups in total. The molecule has 2 heterocycles. The lowest BCUT2D eigenvalue weighted by Gasteiger charge is -2.33. The zero-order valence-corrected chi connectivity index (χ0v) is 17.8. The minimum atomic E-state index is -0.227. The summed E-state index contributed by atoms with van der Waals surface area (Å²) in [5.41, 5.74) is 9.50. The number of aryl methyl sites for hydroxylation is 1. The van der Waals surface area contributed by atoms with Crippen molar-refractivity contribution in [1.29, 1.82) is 0 Å². The number of carbonyl (C=O) groups is 2. The van der Waals surface area contributed by atoms with E-state index in [1.165, 1.54) is 11.1 Å². The normalized spacial score (nSPS) is 22.1. The van der Waals surface area contributed by atoms with Crippen LogP contribution in [0.3, 0.4) is 0 Å². The highest BCUT2D eigenvalue weighted by atomic mass is 35.5. The number of hydrazine groups is 1. The van der Waals surface area contributed by atoms with Crippen molar-refractivity contribution in [2.24, 2.45) is 0 Å². The number of rotatable bonds is 4. The molecule has 2 aliphatic rings. The summed E-state index contributed by atoms with van der Waals surface area (Å²) in [6, 6.07) is 15.1. The summed E-state index contributed by atoms with van der Waals surface area (Å²) in [6.07, 6.45) is 2.25. The van der Waals surface area contributed by atoms with Crippen molar-refractivity contribution in [2.75, 3.05) is 13.1 Å². The van der Waals surface area contributed by atoms with Gasteiger partial charge in [-0.3, -0.25) is 9.59 Å². The van der Waals surface area contributed by atoms with Crippen LogP contribution in [0.4, 0.5) is 0 Å². The molecule has 0 bridgehead atoms. The molecule has 4 rings (SSSR count). The summed E-state index contributed by atoms with van der Waals surface area (Å²) in [5.74, 6) is 0.0280. The van der Waals surface area contributed by atoms with Crippen LogP contribution in [0.25, 0.3) is 0 Å². The number of hydrogen-bond acceptors (Lipinski definition) is 4. The van der Waals surface area contributed by atoms with Crippen molar-refractivity contribution in [3.05, 3.63) is 70.2 Å². The van der Waals surface area contributed by atoms with Crippen molar-refractivity contribution in [3.8, 4) is 0 Å². The second kappa shape index (κ2) is 9.16. The molecule has 2 aromatic carbocycles.